The number of hydrogen-bond acceptors (Lipinski definition) is 6. The van der Waals surface area contributed by atoms with Crippen LogP contribution in [0.15, 0.2) is 52.4 Å². The van der Waals surface area contributed by atoms with E-state index in [2.05, 4.69) is 4.99 Å². The molecule has 0 aliphatic heterocycles. The molecular formula is C21H22N2O5S2. The Kier molecular flexibility index (Phi) is 6.52. The van der Waals surface area contributed by atoms with Crippen LogP contribution in [-0.2, 0) is 32.3 Å². The second kappa shape index (κ2) is 8.93. The summed E-state index contributed by atoms with van der Waals surface area (Å²) in [6, 6.07) is 11.5. The molecule has 7 nitrogen and oxygen atoms in total. The van der Waals surface area contributed by atoms with Crippen molar-refractivity contribution in [3.8, 4) is 0 Å². The lowest BCUT2D eigenvalue weighted by Gasteiger charge is -2.03. The predicted octanol–water partition coefficient (Wildman–Crippen LogP) is 2.97. The summed E-state index contributed by atoms with van der Waals surface area (Å²) in [5.74, 6) is -0.718. The van der Waals surface area contributed by atoms with Crippen LogP contribution in [0.4, 0.5) is 0 Å². The molecular weight excluding hydrogens is 424 g/mol. The third-order valence-electron chi connectivity index (χ3n) is 4.44. The highest BCUT2D eigenvalue weighted by atomic mass is 32.2. The zero-order valence-corrected chi connectivity index (χ0v) is 18.5. The molecule has 1 amide bonds. The summed E-state index contributed by atoms with van der Waals surface area (Å²) in [7, 11) is -3.28. The average Bonchev–Trinajstić information content (AvgIpc) is 3.03. The number of esters is 1. The van der Waals surface area contributed by atoms with E-state index in [4.69, 9.17) is 4.74 Å². The molecule has 0 fully saturated rings. The van der Waals surface area contributed by atoms with Crippen molar-refractivity contribution in [3.63, 3.8) is 0 Å². The third kappa shape index (κ3) is 4.85. The number of carbonyl (C=O) groups is 2. The summed E-state index contributed by atoms with van der Waals surface area (Å²) in [4.78, 5) is 29.5. The van der Waals surface area contributed by atoms with Crippen LogP contribution in [-0.4, -0.2) is 37.7 Å². The minimum atomic E-state index is -3.28. The number of rotatable bonds is 6. The molecule has 0 spiro atoms. The van der Waals surface area contributed by atoms with Gasteiger partial charge >= 0.3 is 5.97 Å². The number of benzene rings is 2. The lowest BCUT2D eigenvalue weighted by Crippen LogP contribution is -2.16. The Labute approximate surface area is 178 Å². The highest BCUT2D eigenvalue weighted by Crippen LogP contribution is 2.20. The minimum absolute atomic E-state index is 0.0656. The van der Waals surface area contributed by atoms with Gasteiger partial charge in [0.2, 0.25) is 0 Å². The molecule has 0 aliphatic rings. The van der Waals surface area contributed by atoms with Gasteiger partial charge in [-0.1, -0.05) is 23.5 Å². The quantitative estimate of drug-likeness (QED) is 0.543. The molecule has 0 unspecified atom stereocenters. The second-order valence-electron chi connectivity index (χ2n) is 6.63. The monoisotopic (exact) mass is 446 g/mol. The number of ether oxygens (including phenoxy) is 1. The van der Waals surface area contributed by atoms with E-state index in [0.29, 0.717) is 29.1 Å². The number of amides is 1. The fraction of sp³-hybridized carbons (Fsp3) is 0.286. The zero-order valence-electron chi connectivity index (χ0n) is 16.9. The SMILES string of the molecule is CCOC(=O)c1ccc2c(c1)sc(=NC(=O)Cc1ccc(S(C)(=O)=O)cc1)n2CC. The van der Waals surface area contributed by atoms with Crippen LogP contribution in [0.3, 0.4) is 0 Å². The Morgan fingerprint density at radius 2 is 1.80 bits per heavy atom. The average molecular weight is 447 g/mol. The second-order valence-corrected chi connectivity index (χ2v) is 9.66. The van der Waals surface area contributed by atoms with Gasteiger partial charge in [-0.25, -0.2) is 13.2 Å². The van der Waals surface area contributed by atoms with Crippen molar-refractivity contribution in [2.45, 2.75) is 31.7 Å². The van der Waals surface area contributed by atoms with E-state index in [-0.39, 0.29) is 23.2 Å². The summed E-state index contributed by atoms with van der Waals surface area (Å²) < 4.78 is 30.9. The Balaban J connectivity index is 1.90. The zero-order chi connectivity index (χ0) is 21.9. The lowest BCUT2D eigenvalue weighted by atomic mass is 10.1. The Morgan fingerprint density at radius 1 is 1.10 bits per heavy atom. The van der Waals surface area contributed by atoms with E-state index in [1.807, 2.05) is 17.6 Å². The van der Waals surface area contributed by atoms with Crippen LogP contribution >= 0.6 is 11.3 Å². The van der Waals surface area contributed by atoms with Crippen LogP contribution in [0.5, 0.6) is 0 Å². The third-order valence-corrected chi connectivity index (χ3v) is 6.61. The maximum Gasteiger partial charge on any atom is 0.338 e. The van der Waals surface area contributed by atoms with Crippen molar-refractivity contribution in [3.05, 3.63) is 58.4 Å². The molecule has 3 rings (SSSR count). The topological polar surface area (TPSA) is 94.8 Å². The first-order valence-electron chi connectivity index (χ1n) is 9.40. The van der Waals surface area contributed by atoms with Crippen molar-refractivity contribution < 1.29 is 22.7 Å². The minimum Gasteiger partial charge on any atom is -0.462 e. The van der Waals surface area contributed by atoms with Gasteiger partial charge in [-0.05, 0) is 49.7 Å². The molecule has 1 aromatic heterocycles. The van der Waals surface area contributed by atoms with E-state index < -0.39 is 9.84 Å². The highest BCUT2D eigenvalue weighted by molar-refractivity contribution is 7.90. The van der Waals surface area contributed by atoms with Gasteiger partial charge < -0.3 is 9.30 Å². The van der Waals surface area contributed by atoms with Crippen molar-refractivity contribution in [2.75, 3.05) is 12.9 Å². The Morgan fingerprint density at radius 3 is 2.40 bits per heavy atom. The number of nitrogens with zero attached hydrogens (tertiary/aromatic N) is 2. The van der Waals surface area contributed by atoms with Crippen molar-refractivity contribution in [1.29, 1.82) is 0 Å². The Hall–Kier alpha value is -2.78. The summed E-state index contributed by atoms with van der Waals surface area (Å²) in [6.07, 6.45) is 1.21. The summed E-state index contributed by atoms with van der Waals surface area (Å²) >= 11 is 1.33. The molecule has 0 atom stereocenters. The molecule has 30 heavy (non-hydrogen) atoms. The molecule has 1 heterocycles. The van der Waals surface area contributed by atoms with E-state index in [0.717, 1.165) is 16.5 Å². The summed E-state index contributed by atoms with van der Waals surface area (Å²) in [6.45, 7) is 4.63. The maximum atomic E-state index is 12.5. The molecule has 0 saturated heterocycles. The van der Waals surface area contributed by atoms with Crippen molar-refractivity contribution in [2.24, 2.45) is 4.99 Å². The van der Waals surface area contributed by atoms with Gasteiger partial charge in [0.25, 0.3) is 5.91 Å². The van der Waals surface area contributed by atoms with Crippen LogP contribution in [0, 0.1) is 0 Å². The number of thiazole rings is 1. The molecule has 0 saturated carbocycles. The standard InChI is InChI=1S/C21H22N2O5S2/c1-4-23-17-11-8-15(20(25)28-5-2)13-18(17)29-21(23)22-19(24)12-14-6-9-16(10-7-14)30(3,26)27/h6-11,13H,4-5,12H2,1-3H3. The molecule has 158 valence electrons. The number of carbonyl (C=O) groups excluding carboxylic acids is 2. The van der Waals surface area contributed by atoms with Crippen LogP contribution in [0.25, 0.3) is 10.2 Å². The first-order chi connectivity index (χ1) is 14.2. The first-order valence-corrected chi connectivity index (χ1v) is 12.1. The van der Waals surface area contributed by atoms with Gasteiger partial charge in [-0.3, -0.25) is 4.79 Å². The van der Waals surface area contributed by atoms with Crippen molar-refractivity contribution >= 4 is 43.3 Å². The number of aromatic nitrogens is 1. The van der Waals surface area contributed by atoms with Gasteiger partial charge in [0, 0.05) is 12.8 Å². The van der Waals surface area contributed by atoms with Crippen LogP contribution in [0.2, 0.25) is 0 Å². The first kappa shape index (κ1) is 21.9. The van der Waals surface area contributed by atoms with Gasteiger partial charge in [0.1, 0.15) is 0 Å². The smallest absolute Gasteiger partial charge is 0.338 e. The highest BCUT2D eigenvalue weighted by Gasteiger charge is 2.12. The predicted molar refractivity (Wildman–Crippen MR) is 115 cm³/mol. The van der Waals surface area contributed by atoms with Crippen LogP contribution in [0.1, 0.15) is 29.8 Å². The fourth-order valence-corrected chi connectivity index (χ4v) is 4.76. The largest absolute Gasteiger partial charge is 0.462 e. The van der Waals surface area contributed by atoms with E-state index >= 15 is 0 Å². The Bertz CT molecular complexity index is 1270. The lowest BCUT2D eigenvalue weighted by molar-refractivity contribution is -0.117. The maximum absolute atomic E-state index is 12.5. The molecule has 0 N–H and O–H groups in total. The van der Waals surface area contributed by atoms with Crippen LogP contribution < -0.4 is 4.80 Å². The molecule has 0 radical (unpaired) electrons. The van der Waals surface area contributed by atoms with E-state index in [9.17, 15) is 18.0 Å². The van der Waals surface area contributed by atoms with Crippen molar-refractivity contribution in [1.82, 2.24) is 4.57 Å². The number of sulfone groups is 1. The molecule has 9 heteroatoms. The van der Waals surface area contributed by atoms with E-state index in [1.165, 1.54) is 23.5 Å². The molecule has 3 aromatic rings. The van der Waals surface area contributed by atoms with Gasteiger partial charge in [0.15, 0.2) is 14.6 Å². The number of aryl methyl sites for hydroxylation is 1. The number of fused-ring (bicyclic) bond motifs is 1. The van der Waals surface area contributed by atoms with E-state index in [1.54, 1.807) is 31.2 Å². The van der Waals surface area contributed by atoms with Gasteiger partial charge in [-0.15, -0.1) is 0 Å². The van der Waals surface area contributed by atoms with Gasteiger partial charge in [0.05, 0.1) is 33.7 Å². The summed E-state index contributed by atoms with van der Waals surface area (Å²) in [5.41, 5.74) is 2.03. The molecule has 0 bridgehead atoms. The fourth-order valence-electron chi connectivity index (χ4n) is 2.98. The molecule has 0 aliphatic carbocycles. The summed E-state index contributed by atoms with van der Waals surface area (Å²) in [5, 5.41) is 0. The van der Waals surface area contributed by atoms with Gasteiger partial charge in [-0.2, -0.15) is 4.99 Å². The molecule has 2 aromatic carbocycles. The normalized spacial score (nSPS) is 12.3. The number of hydrogen-bond donors (Lipinski definition) is 0.